The van der Waals surface area contributed by atoms with Crippen LogP contribution in [0.25, 0.3) is 0 Å². The van der Waals surface area contributed by atoms with E-state index in [1.165, 1.54) is 5.56 Å². The fourth-order valence-electron chi connectivity index (χ4n) is 1.36. The zero-order chi connectivity index (χ0) is 8.55. The van der Waals surface area contributed by atoms with E-state index in [9.17, 15) is 0 Å². The molecule has 1 aliphatic heterocycles. The van der Waals surface area contributed by atoms with Crippen LogP contribution in [0, 0.1) is 6.92 Å². The molecule has 3 nitrogen and oxygen atoms in total. The van der Waals surface area contributed by atoms with Gasteiger partial charge in [-0.3, -0.25) is 0 Å². The van der Waals surface area contributed by atoms with Gasteiger partial charge in [-0.25, -0.2) is 0 Å². The summed E-state index contributed by atoms with van der Waals surface area (Å²) in [6.07, 6.45) is 0. The maximum absolute atomic E-state index is 5.34. The summed E-state index contributed by atoms with van der Waals surface area (Å²) < 4.78 is 10.5. The monoisotopic (exact) mass is 165 g/mol. The number of methoxy groups -OCH3 is 1. The van der Waals surface area contributed by atoms with E-state index in [2.05, 4.69) is 5.32 Å². The molecule has 0 saturated heterocycles. The Morgan fingerprint density at radius 2 is 2.33 bits per heavy atom. The number of nitrogens with one attached hydrogen (secondary N) is 1. The number of hydrogen-bond donors (Lipinski definition) is 1. The molecule has 0 aromatic heterocycles. The van der Waals surface area contributed by atoms with Gasteiger partial charge in [0.2, 0.25) is 0 Å². The topological polar surface area (TPSA) is 30.5 Å². The van der Waals surface area contributed by atoms with Crippen molar-refractivity contribution in [3.63, 3.8) is 0 Å². The summed E-state index contributed by atoms with van der Waals surface area (Å²) in [4.78, 5) is 0. The van der Waals surface area contributed by atoms with E-state index >= 15 is 0 Å². The molecule has 0 saturated carbocycles. The van der Waals surface area contributed by atoms with E-state index < -0.39 is 0 Å². The number of fused-ring (bicyclic) bond motifs is 1. The third-order valence-electron chi connectivity index (χ3n) is 1.90. The summed E-state index contributed by atoms with van der Waals surface area (Å²) in [6, 6.07) is 4.01. The average Bonchev–Trinajstić information content (AvgIpc) is 2.50. The lowest BCUT2D eigenvalue weighted by atomic mass is 10.2. The minimum Gasteiger partial charge on any atom is -0.493 e. The van der Waals surface area contributed by atoms with Gasteiger partial charge in [-0.1, -0.05) is 0 Å². The Balaban J connectivity index is 2.55. The molecule has 1 N–H and O–H groups in total. The molecule has 0 unspecified atom stereocenters. The number of anilines is 1. The van der Waals surface area contributed by atoms with Crippen molar-refractivity contribution >= 4 is 5.69 Å². The molecule has 12 heavy (non-hydrogen) atoms. The smallest absolute Gasteiger partial charge is 0.186 e. The minimum absolute atomic E-state index is 0.537. The molecule has 64 valence electrons. The summed E-state index contributed by atoms with van der Waals surface area (Å²) in [5.41, 5.74) is 2.19. The Hall–Kier alpha value is -1.38. The fourth-order valence-corrected chi connectivity index (χ4v) is 1.36. The Morgan fingerprint density at radius 3 is 3.08 bits per heavy atom. The quantitative estimate of drug-likeness (QED) is 0.687. The maximum atomic E-state index is 5.34. The van der Waals surface area contributed by atoms with Crippen LogP contribution < -0.4 is 14.8 Å². The molecule has 0 fully saturated rings. The van der Waals surface area contributed by atoms with E-state index in [0.717, 1.165) is 17.2 Å². The van der Waals surface area contributed by atoms with Crippen LogP contribution in [-0.4, -0.2) is 13.8 Å². The molecule has 0 aliphatic carbocycles. The molecule has 0 amide bonds. The fraction of sp³-hybridized carbons (Fsp3) is 0.333. The number of ether oxygens (including phenoxy) is 2. The third kappa shape index (κ3) is 0.978. The average molecular weight is 165 g/mol. The standard InChI is InChI=1S/C9H11NO2/c1-6-3-7-9(12-5-10-7)8(4-6)11-2/h3-4,10H,5H2,1-2H3. The Labute approximate surface area is 71.3 Å². The van der Waals surface area contributed by atoms with Crippen molar-refractivity contribution in [2.45, 2.75) is 6.92 Å². The van der Waals surface area contributed by atoms with E-state index in [0.29, 0.717) is 6.73 Å². The molecule has 0 atom stereocenters. The van der Waals surface area contributed by atoms with Crippen LogP contribution in [0.2, 0.25) is 0 Å². The molecule has 1 aromatic carbocycles. The first-order chi connectivity index (χ1) is 5.81. The molecular formula is C9H11NO2. The van der Waals surface area contributed by atoms with Crippen LogP contribution in [0.5, 0.6) is 11.5 Å². The first-order valence-electron chi connectivity index (χ1n) is 3.86. The molecule has 2 rings (SSSR count). The molecule has 1 aromatic rings. The predicted molar refractivity (Wildman–Crippen MR) is 46.8 cm³/mol. The summed E-state index contributed by atoms with van der Waals surface area (Å²) in [7, 11) is 1.65. The molecule has 0 radical (unpaired) electrons. The van der Waals surface area contributed by atoms with E-state index in [1.54, 1.807) is 7.11 Å². The van der Waals surface area contributed by atoms with Gasteiger partial charge in [0.15, 0.2) is 18.2 Å². The molecule has 1 heterocycles. The number of rotatable bonds is 1. The van der Waals surface area contributed by atoms with Gasteiger partial charge < -0.3 is 14.8 Å². The second kappa shape index (κ2) is 2.59. The van der Waals surface area contributed by atoms with E-state index in [4.69, 9.17) is 9.47 Å². The van der Waals surface area contributed by atoms with Gasteiger partial charge in [0.25, 0.3) is 0 Å². The Kier molecular flexibility index (Phi) is 1.57. The van der Waals surface area contributed by atoms with Gasteiger partial charge in [0.1, 0.15) is 0 Å². The van der Waals surface area contributed by atoms with Crippen molar-refractivity contribution in [3.05, 3.63) is 17.7 Å². The summed E-state index contributed by atoms with van der Waals surface area (Å²) in [5.74, 6) is 1.62. The highest BCUT2D eigenvalue weighted by Crippen LogP contribution is 2.39. The predicted octanol–water partition coefficient (Wildman–Crippen LogP) is 1.77. The SMILES string of the molecule is COc1cc(C)cc2c1OCN2. The first kappa shape index (κ1) is 7.28. The van der Waals surface area contributed by atoms with Crippen LogP contribution in [0.15, 0.2) is 12.1 Å². The van der Waals surface area contributed by atoms with E-state index in [-0.39, 0.29) is 0 Å². The van der Waals surface area contributed by atoms with Crippen LogP contribution in [0.1, 0.15) is 5.56 Å². The highest BCUT2D eigenvalue weighted by molar-refractivity contribution is 5.66. The highest BCUT2D eigenvalue weighted by Gasteiger charge is 2.16. The second-order valence-electron chi connectivity index (χ2n) is 2.81. The number of hydrogen-bond acceptors (Lipinski definition) is 3. The lowest BCUT2D eigenvalue weighted by Crippen LogP contribution is -1.96. The Bertz CT molecular complexity index is 310. The zero-order valence-electron chi connectivity index (χ0n) is 7.18. The van der Waals surface area contributed by atoms with Gasteiger partial charge in [-0.2, -0.15) is 0 Å². The van der Waals surface area contributed by atoms with Crippen molar-refractivity contribution in [1.29, 1.82) is 0 Å². The van der Waals surface area contributed by atoms with Crippen LogP contribution in [0.4, 0.5) is 5.69 Å². The highest BCUT2D eigenvalue weighted by atomic mass is 16.5. The molecule has 3 heteroatoms. The van der Waals surface area contributed by atoms with Gasteiger partial charge >= 0.3 is 0 Å². The van der Waals surface area contributed by atoms with Crippen molar-refractivity contribution in [3.8, 4) is 11.5 Å². The number of benzene rings is 1. The second-order valence-corrected chi connectivity index (χ2v) is 2.81. The maximum Gasteiger partial charge on any atom is 0.186 e. The van der Waals surface area contributed by atoms with Gasteiger partial charge in [-0.05, 0) is 24.6 Å². The van der Waals surface area contributed by atoms with Crippen molar-refractivity contribution in [1.82, 2.24) is 0 Å². The van der Waals surface area contributed by atoms with Gasteiger partial charge in [-0.15, -0.1) is 0 Å². The minimum atomic E-state index is 0.537. The van der Waals surface area contributed by atoms with Crippen LogP contribution in [0.3, 0.4) is 0 Å². The third-order valence-corrected chi connectivity index (χ3v) is 1.90. The van der Waals surface area contributed by atoms with E-state index in [1.807, 2.05) is 19.1 Å². The van der Waals surface area contributed by atoms with Crippen LogP contribution >= 0.6 is 0 Å². The summed E-state index contributed by atoms with van der Waals surface area (Å²) >= 11 is 0. The van der Waals surface area contributed by atoms with Crippen LogP contribution in [-0.2, 0) is 0 Å². The summed E-state index contributed by atoms with van der Waals surface area (Å²) in [5, 5.41) is 3.11. The molecule has 0 spiro atoms. The molecule has 1 aliphatic rings. The van der Waals surface area contributed by atoms with Crippen molar-refractivity contribution in [2.75, 3.05) is 19.2 Å². The lowest BCUT2D eigenvalue weighted by molar-refractivity contribution is 0.335. The van der Waals surface area contributed by atoms with Crippen molar-refractivity contribution < 1.29 is 9.47 Å². The number of aryl methyl sites for hydroxylation is 1. The normalized spacial score (nSPS) is 13.2. The van der Waals surface area contributed by atoms with Gasteiger partial charge in [0, 0.05) is 0 Å². The Morgan fingerprint density at radius 1 is 1.50 bits per heavy atom. The van der Waals surface area contributed by atoms with Gasteiger partial charge in [0.05, 0.1) is 12.8 Å². The summed E-state index contributed by atoms with van der Waals surface area (Å²) in [6.45, 7) is 2.57. The molecule has 0 bridgehead atoms. The molecular weight excluding hydrogens is 154 g/mol. The van der Waals surface area contributed by atoms with Crippen molar-refractivity contribution in [2.24, 2.45) is 0 Å². The lowest BCUT2D eigenvalue weighted by Gasteiger charge is -2.05. The largest absolute Gasteiger partial charge is 0.493 e. The first-order valence-corrected chi connectivity index (χ1v) is 3.86. The zero-order valence-corrected chi connectivity index (χ0v) is 7.18.